The van der Waals surface area contributed by atoms with Gasteiger partial charge in [0.1, 0.15) is 12.4 Å². The van der Waals surface area contributed by atoms with Crippen molar-refractivity contribution in [1.82, 2.24) is 10.3 Å². The molecule has 2 atom stereocenters. The Morgan fingerprint density at radius 1 is 1.38 bits per heavy atom. The Bertz CT molecular complexity index is 451. The van der Waals surface area contributed by atoms with Gasteiger partial charge in [0.2, 0.25) is 0 Å². The van der Waals surface area contributed by atoms with Crippen LogP contribution in [0, 0.1) is 5.92 Å². The molecule has 0 saturated carbocycles. The maximum Gasteiger partial charge on any atom is 0.139 e. The summed E-state index contributed by atoms with van der Waals surface area (Å²) in [5.41, 5.74) is 1.15. The Labute approximate surface area is 126 Å². The second-order valence-corrected chi connectivity index (χ2v) is 6.10. The zero-order valence-electron chi connectivity index (χ0n) is 12.5. The smallest absolute Gasteiger partial charge is 0.139 e. The van der Waals surface area contributed by atoms with Gasteiger partial charge in [-0.2, -0.15) is 0 Å². The van der Waals surface area contributed by atoms with Gasteiger partial charge in [0.05, 0.1) is 18.1 Å². The molecule has 0 spiro atoms. The van der Waals surface area contributed by atoms with Crippen LogP contribution in [0.1, 0.15) is 25.7 Å². The fourth-order valence-corrected chi connectivity index (χ4v) is 3.03. The molecule has 3 heterocycles. The molecule has 0 unspecified atom stereocenters. The van der Waals surface area contributed by atoms with E-state index in [2.05, 4.69) is 21.3 Å². The Balaban J connectivity index is 1.53. The van der Waals surface area contributed by atoms with Crippen LogP contribution >= 0.6 is 0 Å². The van der Waals surface area contributed by atoms with E-state index in [-0.39, 0.29) is 0 Å². The summed E-state index contributed by atoms with van der Waals surface area (Å²) in [7, 11) is 0. The van der Waals surface area contributed by atoms with E-state index in [0.29, 0.717) is 18.6 Å². The van der Waals surface area contributed by atoms with Crippen molar-refractivity contribution in [2.45, 2.75) is 31.7 Å². The van der Waals surface area contributed by atoms with Gasteiger partial charge in [-0.15, -0.1) is 0 Å². The summed E-state index contributed by atoms with van der Waals surface area (Å²) in [6, 6.07) is 2.60. The number of aliphatic hydroxyl groups is 1. The average molecular weight is 291 g/mol. The zero-order chi connectivity index (χ0) is 14.5. The van der Waals surface area contributed by atoms with Gasteiger partial charge >= 0.3 is 0 Å². The van der Waals surface area contributed by atoms with Crippen molar-refractivity contribution in [3.8, 4) is 5.75 Å². The first-order chi connectivity index (χ1) is 10.3. The van der Waals surface area contributed by atoms with E-state index in [1.807, 2.05) is 6.20 Å². The molecule has 0 radical (unpaired) electrons. The monoisotopic (exact) mass is 291 g/mol. The predicted molar refractivity (Wildman–Crippen MR) is 82.8 cm³/mol. The first-order valence-corrected chi connectivity index (χ1v) is 8.02. The van der Waals surface area contributed by atoms with Crippen LogP contribution < -0.4 is 15.0 Å². The summed E-state index contributed by atoms with van der Waals surface area (Å²) in [6.45, 7) is 4.27. The summed E-state index contributed by atoms with van der Waals surface area (Å²) < 4.78 is 5.82. The minimum atomic E-state index is 0.302. The standard InChI is InChI=1S/C16H25N3O2/c20-7-1-2-13-4-6-19(11-13)15-8-16(10-17-9-15)21-12-14-3-5-18-14/h8-10,13-14,18,20H,1-7,11-12H2/t13-,14+/m1/s1. The maximum atomic E-state index is 8.93. The van der Waals surface area contributed by atoms with Gasteiger partial charge in [0.25, 0.3) is 0 Å². The normalized spacial score (nSPS) is 24.9. The molecule has 1 aromatic rings. The van der Waals surface area contributed by atoms with Crippen molar-refractivity contribution in [3.63, 3.8) is 0 Å². The maximum absolute atomic E-state index is 8.93. The number of aliphatic hydroxyl groups excluding tert-OH is 1. The van der Waals surface area contributed by atoms with Crippen LogP contribution in [-0.2, 0) is 0 Å². The molecule has 2 aliphatic rings. The summed E-state index contributed by atoms with van der Waals surface area (Å²) >= 11 is 0. The van der Waals surface area contributed by atoms with Crippen LogP contribution in [0.2, 0.25) is 0 Å². The molecule has 0 bridgehead atoms. The Kier molecular flexibility index (Phi) is 4.93. The molecule has 2 N–H and O–H groups in total. The highest BCUT2D eigenvalue weighted by atomic mass is 16.5. The van der Waals surface area contributed by atoms with E-state index in [1.54, 1.807) is 6.20 Å². The number of rotatable bonds is 7. The number of ether oxygens (including phenoxy) is 1. The van der Waals surface area contributed by atoms with Crippen molar-refractivity contribution in [2.75, 3.05) is 37.7 Å². The molecule has 21 heavy (non-hydrogen) atoms. The van der Waals surface area contributed by atoms with Crippen LogP contribution in [0.5, 0.6) is 5.75 Å². The number of hydrogen-bond acceptors (Lipinski definition) is 5. The van der Waals surface area contributed by atoms with Crippen LogP contribution in [0.25, 0.3) is 0 Å². The van der Waals surface area contributed by atoms with Gasteiger partial charge in [-0.3, -0.25) is 4.98 Å². The SMILES string of the molecule is OCCC[C@@H]1CCN(c2cncc(OC[C@@H]3CCN3)c2)C1. The fourth-order valence-electron chi connectivity index (χ4n) is 3.03. The van der Waals surface area contributed by atoms with E-state index < -0.39 is 0 Å². The predicted octanol–water partition coefficient (Wildman–Crippen LogP) is 1.42. The van der Waals surface area contributed by atoms with Crippen molar-refractivity contribution in [2.24, 2.45) is 5.92 Å². The molecule has 2 fully saturated rings. The lowest BCUT2D eigenvalue weighted by molar-refractivity contribution is 0.217. The zero-order valence-corrected chi connectivity index (χ0v) is 12.5. The van der Waals surface area contributed by atoms with Gasteiger partial charge in [-0.1, -0.05) is 0 Å². The molecule has 2 saturated heterocycles. The van der Waals surface area contributed by atoms with Crippen LogP contribution in [0.4, 0.5) is 5.69 Å². The lowest BCUT2D eigenvalue weighted by Crippen LogP contribution is -2.46. The second kappa shape index (κ2) is 7.09. The Morgan fingerprint density at radius 2 is 2.29 bits per heavy atom. The molecular weight excluding hydrogens is 266 g/mol. The lowest BCUT2D eigenvalue weighted by Gasteiger charge is -2.27. The van der Waals surface area contributed by atoms with Crippen LogP contribution in [0.15, 0.2) is 18.5 Å². The van der Waals surface area contributed by atoms with E-state index in [4.69, 9.17) is 9.84 Å². The van der Waals surface area contributed by atoms with Crippen LogP contribution in [-0.4, -0.2) is 49.0 Å². The minimum Gasteiger partial charge on any atom is -0.490 e. The molecule has 5 heteroatoms. The highest BCUT2D eigenvalue weighted by molar-refractivity contribution is 5.49. The van der Waals surface area contributed by atoms with Crippen LogP contribution in [0.3, 0.4) is 0 Å². The number of aromatic nitrogens is 1. The van der Waals surface area contributed by atoms with Gasteiger partial charge < -0.3 is 20.1 Å². The molecule has 0 aliphatic carbocycles. The van der Waals surface area contributed by atoms with Gasteiger partial charge in [0, 0.05) is 31.8 Å². The number of anilines is 1. The Hall–Kier alpha value is -1.33. The quantitative estimate of drug-likeness (QED) is 0.796. The lowest BCUT2D eigenvalue weighted by atomic mass is 10.0. The van der Waals surface area contributed by atoms with Gasteiger partial charge in [0.15, 0.2) is 0 Å². The number of pyridine rings is 1. The van der Waals surface area contributed by atoms with E-state index in [1.165, 1.54) is 12.8 Å². The van der Waals surface area contributed by atoms with E-state index in [9.17, 15) is 0 Å². The average Bonchev–Trinajstić information content (AvgIpc) is 2.93. The van der Waals surface area contributed by atoms with E-state index >= 15 is 0 Å². The van der Waals surface area contributed by atoms with Crippen molar-refractivity contribution in [3.05, 3.63) is 18.5 Å². The topological polar surface area (TPSA) is 57.6 Å². The fraction of sp³-hybridized carbons (Fsp3) is 0.688. The molecule has 0 aromatic carbocycles. The molecule has 2 aliphatic heterocycles. The van der Waals surface area contributed by atoms with Crippen molar-refractivity contribution in [1.29, 1.82) is 0 Å². The van der Waals surface area contributed by atoms with Crippen molar-refractivity contribution < 1.29 is 9.84 Å². The number of hydrogen-bond donors (Lipinski definition) is 2. The summed E-state index contributed by atoms with van der Waals surface area (Å²) in [5.74, 6) is 1.56. The number of nitrogens with one attached hydrogen (secondary N) is 1. The van der Waals surface area contributed by atoms with Gasteiger partial charge in [-0.05, 0) is 38.1 Å². The summed E-state index contributed by atoms with van der Waals surface area (Å²) in [4.78, 5) is 6.69. The molecule has 1 aromatic heterocycles. The second-order valence-electron chi connectivity index (χ2n) is 6.10. The third-order valence-electron chi connectivity index (χ3n) is 4.50. The Morgan fingerprint density at radius 3 is 3.05 bits per heavy atom. The first kappa shape index (κ1) is 14.6. The third-order valence-corrected chi connectivity index (χ3v) is 4.50. The largest absolute Gasteiger partial charge is 0.490 e. The number of nitrogens with zero attached hydrogens (tertiary/aromatic N) is 2. The van der Waals surface area contributed by atoms with E-state index in [0.717, 1.165) is 50.5 Å². The molecule has 116 valence electrons. The third kappa shape index (κ3) is 3.86. The van der Waals surface area contributed by atoms with Gasteiger partial charge in [-0.25, -0.2) is 0 Å². The minimum absolute atomic E-state index is 0.302. The molecule has 3 rings (SSSR count). The summed E-state index contributed by atoms with van der Waals surface area (Å²) in [5, 5.41) is 12.3. The molecular formula is C16H25N3O2. The highest BCUT2D eigenvalue weighted by Gasteiger charge is 2.23. The molecule has 0 amide bonds. The molecule has 5 nitrogen and oxygen atoms in total. The summed E-state index contributed by atoms with van der Waals surface area (Å²) in [6.07, 6.45) is 8.14. The first-order valence-electron chi connectivity index (χ1n) is 8.02. The van der Waals surface area contributed by atoms with Crippen molar-refractivity contribution >= 4 is 5.69 Å². The highest BCUT2D eigenvalue weighted by Crippen LogP contribution is 2.28.